The summed E-state index contributed by atoms with van der Waals surface area (Å²) in [7, 11) is 0. The molecule has 2 saturated carbocycles. The third-order valence-electron chi connectivity index (χ3n) is 12.4. The molecule has 3 nitrogen and oxygen atoms in total. The number of rotatable bonds is 6. The van der Waals surface area contributed by atoms with Crippen molar-refractivity contribution >= 4 is 11.8 Å². The first kappa shape index (κ1) is 29.3. The van der Waals surface area contributed by atoms with Crippen LogP contribution in [0.2, 0.25) is 0 Å². The lowest BCUT2D eigenvalue weighted by molar-refractivity contribution is -0.122. The van der Waals surface area contributed by atoms with E-state index in [1.807, 2.05) is 30.3 Å². The fourth-order valence-corrected chi connectivity index (χ4v) is 9.60. The summed E-state index contributed by atoms with van der Waals surface area (Å²) in [5.41, 5.74) is 3.74. The Morgan fingerprint density at radius 2 is 1.65 bits per heavy atom. The fraction of sp³-hybridized carbons (Fsp3) is 0.676. The second-order valence-corrected chi connectivity index (χ2v) is 15.2. The molecular weight excluding hydrogens is 492 g/mol. The van der Waals surface area contributed by atoms with Crippen LogP contribution in [-0.2, 0) is 9.53 Å². The summed E-state index contributed by atoms with van der Waals surface area (Å²) in [5, 5.41) is 0. The van der Waals surface area contributed by atoms with Gasteiger partial charge in [-0.1, -0.05) is 96.9 Å². The van der Waals surface area contributed by atoms with E-state index in [-0.39, 0.29) is 34.2 Å². The van der Waals surface area contributed by atoms with Crippen molar-refractivity contribution in [3.05, 3.63) is 59.2 Å². The minimum absolute atomic E-state index is 0.0574. The van der Waals surface area contributed by atoms with Crippen LogP contribution in [0.3, 0.4) is 0 Å². The van der Waals surface area contributed by atoms with E-state index in [1.54, 1.807) is 5.57 Å². The van der Waals surface area contributed by atoms with Crippen molar-refractivity contribution in [3.63, 3.8) is 0 Å². The van der Waals surface area contributed by atoms with Gasteiger partial charge >= 0.3 is 5.97 Å². The molecule has 0 bridgehead atoms. The lowest BCUT2D eigenvalue weighted by Crippen LogP contribution is -2.54. The molecule has 218 valence electrons. The SMILES string of the molecule is CC(C)[C@@H](C)C=C[C@@H](C)[C@H]1CC(=O)[C@@H]2C3=C(CC[C@@]21C)[C@@]1(C)CC[C@H](OC(=O)c2ccccc2)C(C)(C)[C@@H]1CC3. The van der Waals surface area contributed by atoms with Crippen molar-refractivity contribution < 1.29 is 14.3 Å². The third-order valence-corrected chi connectivity index (χ3v) is 12.4. The highest BCUT2D eigenvalue weighted by Crippen LogP contribution is 2.67. The number of ketones is 1. The molecule has 0 radical (unpaired) electrons. The number of ether oxygens (including phenoxy) is 1. The Bertz CT molecular complexity index is 1190. The molecule has 0 N–H and O–H groups in total. The predicted octanol–water partition coefficient (Wildman–Crippen LogP) is 9.23. The van der Waals surface area contributed by atoms with Gasteiger partial charge in [-0.3, -0.25) is 4.79 Å². The average Bonchev–Trinajstić information content (AvgIpc) is 3.19. The fourth-order valence-electron chi connectivity index (χ4n) is 9.60. The highest BCUT2D eigenvalue weighted by Gasteiger charge is 2.61. The smallest absolute Gasteiger partial charge is 0.338 e. The zero-order valence-electron chi connectivity index (χ0n) is 26.3. The van der Waals surface area contributed by atoms with Crippen molar-refractivity contribution in [1.82, 2.24) is 0 Å². The van der Waals surface area contributed by atoms with Crippen molar-refractivity contribution in [2.24, 2.45) is 51.8 Å². The van der Waals surface area contributed by atoms with Crippen molar-refractivity contribution in [2.45, 2.75) is 106 Å². The van der Waals surface area contributed by atoms with E-state index in [1.165, 1.54) is 5.57 Å². The Hall–Kier alpha value is -2.16. The maximum absolute atomic E-state index is 13.8. The molecular formula is C37H52O3. The number of hydrogen-bond donors (Lipinski definition) is 0. The van der Waals surface area contributed by atoms with Gasteiger partial charge in [0, 0.05) is 17.8 Å². The van der Waals surface area contributed by atoms with E-state index in [2.05, 4.69) is 67.5 Å². The van der Waals surface area contributed by atoms with Gasteiger partial charge in [-0.05, 0) is 91.1 Å². The van der Waals surface area contributed by atoms with Crippen molar-refractivity contribution in [1.29, 1.82) is 0 Å². The molecule has 1 aromatic rings. The number of allylic oxidation sites excluding steroid dienone is 4. The van der Waals surface area contributed by atoms with Gasteiger partial charge in [0.05, 0.1) is 5.56 Å². The summed E-state index contributed by atoms with van der Waals surface area (Å²) >= 11 is 0. The molecule has 0 aromatic heterocycles. The van der Waals surface area contributed by atoms with E-state index in [4.69, 9.17) is 4.74 Å². The molecule has 0 amide bonds. The van der Waals surface area contributed by atoms with Gasteiger partial charge in [-0.15, -0.1) is 0 Å². The second kappa shape index (κ2) is 10.6. The first-order valence-corrected chi connectivity index (χ1v) is 16.0. The molecule has 0 aliphatic heterocycles. The topological polar surface area (TPSA) is 43.4 Å². The lowest BCUT2D eigenvalue weighted by Gasteiger charge is -2.60. The summed E-state index contributed by atoms with van der Waals surface area (Å²) in [6, 6.07) is 9.39. The van der Waals surface area contributed by atoms with Crippen LogP contribution in [0.5, 0.6) is 0 Å². The van der Waals surface area contributed by atoms with Gasteiger partial charge in [0.15, 0.2) is 0 Å². The molecule has 40 heavy (non-hydrogen) atoms. The molecule has 4 aliphatic rings. The van der Waals surface area contributed by atoms with Gasteiger partial charge in [0.1, 0.15) is 11.9 Å². The van der Waals surface area contributed by atoms with E-state index in [0.717, 1.165) is 44.9 Å². The summed E-state index contributed by atoms with van der Waals surface area (Å²) in [5.74, 6) is 2.85. The first-order valence-electron chi connectivity index (χ1n) is 16.0. The molecule has 2 fully saturated rings. The first-order chi connectivity index (χ1) is 18.8. The Kier molecular flexibility index (Phi) is 7.77. The van der Waals surface area contributed by atoms with E-state index >= 15 is 0 Å². The number of hydrogen-bond acceptors (Lipinski definition) is 3. The van der Waals surface area contributed by atoms with Crippen LogP contribution in [0.4, 0.5) is 0 Å². The number of benzene rings is 1. The van der Waals surface area contributed by atoms with Crippen LogP contribution >= 0.6 is 0 Å². The number of Topliss-reactive ketones (excluding diaryl/α,β-unsaturated/α-hetero) is 1. The normalized spacial score (nSPS) is 36.7. The minimum Gasteiger partial charge on any atom is -0.458 e. The zero-order valence-corrected chi connectivity index (χ0v) is 26.3. The number of carbonyl (C=O) groups is 2. The number of fused-ring (bicyclic) bond motifs is 4. The maximum atomic E-state index is 13.8. The standard InChI is InChI=1S/C37H52O3/c1-23(2)24(3)14-15-25(4)29-22-30(38)33-27-16-17-31-35(5,6)32(40-34(39)26-12-10-9-11-13-26)19-21-36(31,7)28(27)18-20-37(29,33)8/h9-15,23-25,29,31-33H,16-22H2,1-8H3/t24-,25+,29+,31-,32-,33-,36+,37+/m0/s1. The lowest BCUT2D eigenvalue weighted by atomic mass is 9.45. The van der Waals surface area contributed by atoms with Gasteiger partial charge < -0.3 is 4.74 Å². The van der Waals surface area contributed by atoms with Crippen LogP contribution in [0, 0.1) is 51.8 Å². The molecule has 8 atom stereocenters. The van der Waals surface area contributed by atoms with Gasteiger partial charge in [0.2, 0.25) is 0 Å². The third kappa shape index (κ3) is 4.74. The average molecular weight is 545 g/mol. The Morgan fingerprint density at radius 3 is 2.33 bits per heavy atom. The Balaban J connectivity index is 1.39. The van der Waals surface area contributed by atoms with E-state index < -0.39 is 0 Å². The summed E-state index contributed by atoms with van der Waals surface area (Å²) in [6.07, 6.45) is 11.7. The molecule has 0 saturated heterocycles. The highest BCUT2D eigenvalue weighted by atomic mass is 16.5. The minimum atomic E-state index is -0.208. The zero-order chi connectivity index (χ0) is 29.0. The largest absolute Gasteiger partial charge is 0.458 e. The second-order valence-electron chi connectivity index (χ2n) is 15.2. The molecule has 4 aliphatic carbocycles. The van der Waals surface area contributed by atoms with E-state index in [9.17, 15) is 9.59 Å². The maximum Gasteiger partial charge on any atom is 0.338 e. The molecule has 3 heteroatoms. The Labute approximate surface area is 243 Å². The number of esters is 1. The van der Waals surface area contributed by atoms with E-state index in [0.29, 0.717) is 40.9 Å². The van der Waals surface area contributed by atoms with Crippen molar-refractivity contribution in [2.75, 3.05) is 0 Å². The molecule has 0 heterocycles. The van der Waals surface area contributed by atoms with Crippen LogP contribution in [0.25, 0.3) is 0 Å². The van der Waals surface area contributed by atoms with Crippen LogP contribution in [0.15, 0.2) is 53.6 Å². The van der Waals surface area contributed by atoms with Gasteiger partial charge in [0.25, 0.3) is 0 Å². The van der Waals surface area contributed by atoms with Crippen LogP contribution in [-0.4, -0.2) is 17.9 Å². The Morgan fingerprint density at radius 1 is 0.950 bits per heavy atom. The monoisotopic (exact) mass is 544 g/mol. The molecule has 0 spiro atoms. The highest BCUT2D eigenvalue weighted by molar-refractivity contribution is 5.89. The summed E-state index contributed by atoms with van der Waals surface area (Å²) in [6.45, 7) is 18.8. The van der Waals surface area contributed by atoms with Crippen LogP contribution < -0.4 is 0 Å². The van der Waals surface area contributed by atoms with Crippen LogP contribution in [0.1, 0.15) is 111 Å². The van der Waals surface area contributed by atoms with Gasteiger partial charge in [-0.2, -0.15) is 0 Å². The summed E-state index contributed by atoms with van der Waals surface area (Å²) < 4.78 is 6.20. The quantitative estimate of drug-likeness (QED) is 0.265. The molecule has 0 unspecified atom stereocenters. The summed E-state index contributed by atoms with van der Waals surface area (Å²) in [4.78, 5) is 26.8. The molecule has 5 rings (SSSR count). The predicted molar refractivity (Wildman–Crippen MR) is 163 cm³/mol. The number of carbonyl (C=O) groups excluding carboxylic acids is 2. The van der Waals surface area contributed by atoms with Crippen molar-refractivity contribution in [3.8, 4) is 0 Å². The molecule has 1 aromatic carbocycles. The van der Waals surface area contributed by atoms with Gasteiger partial charge in [-0.25, -0.2) is 4.79 Å².